The molecule has 19 heavy (non-hydrogen) atoms. The molecular formula is C18H27N. The number of hydrogen-bond donors (Lipinski definition) is 1. The molecule has 1 fully saturated rings. The van der Waals surface area contributed by atoms with Gasteiger partial charge in [-0.15, -0.1) is 0 Å². The molecule has 1 N–H and O–H groups in total. The summed E-state index contributed by atoms with van der Waals surface area (Å²) >= 11 is 0. The molecule has 2 aliphatic carbocycles. The van der Waals surface area contributed by atoms with Gasteiger partial charge in [-0.05, 0) is 61.6 Å². The van der Waals surface area contributed by atoms with Crippen LogP contribution in [-0.2, 0) is 12.8 Å². The number of nitrogens with one attached hydrogen (secondary N) is 1. The number of rotatable bonds is 3. The normalized spacial score (nSPS) is 28.1. The van der Waals surface area contributed by atoms with Crippen LogP contribution in [0.5, 0.6) is 0 Å². The summed E-state index contributed by atoms with van der Waals surface area (Å²) < 4.78 is 0. The van der Waals surface area contributed by atoms with Crippen molar-refractivity contribution < 1.29 is 0 Å². The molecule has 104 valence electrons. The molecule has 1 heteroatoms. The van der Waals surface area contributed by atoms with Gasteiger partial charge in [0.1, 0.15) is 0 Å². The minimum atomic E-state index is 0.497. The van der Waals surface area contributed by atoms with Crippen molar-refractivity contribution in [1.82, 2.24) is 5.32 Å². The summed E-state index contributed by atoms with van der Waals surface area (Å²) in [5.74, 6) is 0.839. The van der Waals surface area contributed by atoms with E-state index in [9.17, 15) is 0 Å². The third-order valence-corrected chi connectivity index (χ3v) is 5.20. The Labute approximate surface area is 117 Å². The van der Waals surface area contributed by atoms with Gasteiger partial charge in [0.25, 0.3) is 0 Å². The lowest BCUT2D eigenvalue weighted by Gasteiger charge is -2.32. The highest BCUT2D eigenvalue weighted by atomic mass is 15.0. The molecule has 1 aromatic carbocycles. The van der Waals surface area contributed by atoms with Gasteiger partial charge in [0, 0.05) is 12.1 Å². The Balaban J connectivity index is 1.68. The topological polar surface area (TPSA) is 12.0 Å². The average Bonchev–Trinajstić information content (AvgIpc) is 2.88. The highest BCUT2D eigenvalue weighted by Crippen LogP contribution is 2.28. The SMILES string of the molecule is CC(NC1CCCCC1C)c1ccc2c(c1)CCC2. The predicted molar refractivity (Wildman–Crippen MR) is 81.4 cm³/mol. The van der Waals surface area contributed by atoms with Gasteiger partial charge in [0.15, 0.2) is 0 Å². The molecule has 1 saturated carbocycles. The van der Waals surface area contributed by atoms with Gasteiger partial charge in [-0.1, -0.05) is 38.0 Å². The Kier molecular flexibility index (Phi) is 3.93. The molecule has 1 nitrogen and oxygen atoms in total. The summed E-state index contributed by atoms with van der Waals surface area (Å²) in [7, 11) is 0. The zero-order valence-corrected chi connectivity index (χ0v) is 12.4. The third kappa shape index (κ3) is 2.86. The fourth-order valence-corrected chi connectivity index (χ4v) is 3.84. The molecule has 0 bridgehead atoms. The fraction of sp³-hybridized carbons (Fsp3) is 0.667. The van der Waals surface area contributed by atoms with Crippen molar-refractivity contribution in [3.05, 3.63) is 34.9 Å². The van der Waals surface area contributed by atoms with E-state index in [1.54, 1.807) is 11.1 Å². The van der Waals surface area contributed by atoms with E-state index < -0.39 is 0 Å². The van der Waals surface area contributed by atoms with E-state index in [1.165, 1.54) is 50.5 Å². The quantitative estimate of drug-likeness (QED) is 0.846. The second-order valence-corrected chi connectivity index (χ2v) is 6.64. The summed E-state index contributed by atoms with van der Waals surface area (Å²) in [6.07, 6.45) is 9.50. The number of fused-ring (bicyclic) bond motifs is 1. The van der Waals surface area contributed by atoms with E-state index in [4.69, 9.17) is 0 Å². The molecule has 0 saturated heterocycles. The fourth-order valence-electron chi connectivity index (χ4n) is 3.84. The Hall–Kier alpha value is -0.820. The van der Waals surface area contributed by atoms with Gasteiger partial charge in [-0.3, -0.25) is 0 Å². The van der Waals surface area contributed by atoms with Crippen molar-refractivity contribution in [1.29, 1.82) is 0 Å². The highest BCUT2D eigenvalue weighted by molar-refractivity contribution is 5.36. The van der Waals surface area contributed by atoms with Crippen LogP contribution in [0.15, 0.2) is 18.2 Å². The maximum Gasteiger partial charge on any atom is 0.0294 e. The number of benzene rings is 1. The first-order valence-corrected chi connectivity index (χ1v) is 8.12. The maximum atomic E-state index is 3.88. The van der Waals surface area contributed by atoms with E-state index in [0.29, 0.717) is 6.04 Å². The van der Waals surface area contributed by atoms with Crippen LogP contribution in [0.3, 0.4) is 0 Å². The molecule has 0 amide bonds. The van der Waals surface area contributed by atoms with Crippen molar-refractivity contribution in [3.63, 3.8) is 0 Å². The van der Waals surface area contributed by atoms with E-state index in [2.05, 4.69) is 37.4 Å². The number of hydrogen-bond acceptors (Lipinski definition) is 1. The zero-order valence-electron chi connectivity index (χ0n) is 12.4. The molecule has 1 aromatic rings. The Bertz CT molecular complexity index is 437. The lowest BCUT2D eigenvalue weighted by atomic mass is 9.85. The standard InChI is InChI=1S/C18H27N/c1-13-6-3-4-9-18(13)19-14(2)16-11-10-15-7-5-8-17(15)12-16/h10-14,18-19H,3-9H2,1-2H3. The van der Waals surface area contributed by atoms with E-state index in [1.807, 2.05) is 0 Å². The molecule has 3 unspecified atom stereocenters. The van der Waals surface area contributed by atoms with Crippen LogP contribution in [0.2, 0.25) is 0 Å². The lowest BCUT2D eigenvalue weighted by molar-refractivity contribution is 0.263. The van der Waals surface area contributed by atoms with Gasteiger partial charge in [-0.2, -0.15) is 0 Å². The molecule has 0 heterocycles. The number of aryl methyl sites for hydroxylation is 2. The first-order valence-electron chi connectivity index (χ1n) is 8.12. The van der Waals surface area contributed by atoms with Crippen LogP contribution in [0.4, 0.5) is 0 Å². The summed E-state index contributed by atoms with van der Waals surface area (Å²) in [6.45, 7) is 4.74. The van der Waals surface area contributed by atoms with Gasteiger partial charge in [0.05, 0.1) is 0 Å². The van der Waals surface area contributed by atoms with Crippen molar-refractivity contribution in [2.75, 3.05) is 0 Å². The van der Waals surface area contributed by atoms with Crippen molar-refractivity contribution in [3.8, 4) is 0 Å². The third-order valence-electron chi connectivity index (χ3n) is 5.20. The van der Waals surface area contributed by atoms with Gasteiger partial charge in [0.2, 0.25) is 0 Å². The molecule has 0 radical (unpaired) electrons. The molecule has 3 rings (SSSR count). The minimum absolute atomic E-state index is 0.497. The van der Waals surface area contributed by atoms with E-state index in [-0.39, 0.29) is 0 Å². The average molecular weight is 257 g/mol. The highest BCUT2D eigenvalue weighted by Gasteiger charge is 2.23. The summed E-state index contributed by atoms with van der Waals surface area (Å²) in [6, 6.07) is 8.37. The maximum absolute atomic E-state index is 3.88. The van der Waals surface area contributed by atoms with Gasteiger partial charge >= 0.3 is 0 Å². The lowest BCUT2D eigenvalue weighted by Crippen LogP contribution is -2.38. The molecule has 2 aliphatic rings. The van der Waals surface area contributed by atoms with E-state index in [0.717, 1.165) is 12.0 Å². The molecule has 0 aliphatic heterocycles. The van der Waals surface area contributed by atoms with Crippen molar-refractivity contribution in [2.24, 2.45) is 5.92 Å². The second-order valence-electron chi connectivity index (χ2n) is 6.64. The van der Waals surface area contributed by atoms with Crippen LogP contribution < -0.4 is 5.32 Å². The minimum Gasteiger partial charge on any atom is -0.307 e. The smallest absolute Gasteiger partial charge is 0.0294 e. The van der Waals surface area contributed by atoms with Gasteiger partial charge < -0.3 is 5.32 Å². The Morgan fingerprint density at radius 2 is 1.84 bits per heavy atom. The Morgan fingerprint density at radius 1 is 1.05 bits per heavy atom. The van der Waals surface area contributed by atoms with E-state index >= 15 is 0 Å². The molecule has 0 aromatic heterocycles. The molecule has 3 atom stereocenters. The van der Waals surface area contributed by atoms with Crippen LogP contribution in [0.1, 0.15) is 68.7 Å². The van der Waals surface area contributed by atoms with Crippen LogP contribution in [0.25, 0.3) is 0 Å². The summed E-state index contributed by atoms with van der Waals surface area (Å²) in [5.41, 5.74) is 4.67. The van der Waals surface area contributed by atoms with Crippen LogP contribution in [-0.4, -0.2) is 6.04 Å². The molecule has 0 spiro atoms. The second kappa shape index (κ2) is 5.66. The van der Waals surface area contributed by atoms with Crippen molar-refractivity contribution in [2.45, 2.75) is 70.9 Å². The largest absolute Gasteiger partial charge is 0.307 e. The van der Waals surface area contributed by atoms with Crippen LogP contribution in [0, 0.1) is 5.92 Å². The molecular weight excluding hydrogens is 230 g/mol. The monoisotopic (exact) mass is 257 g/mol. The Morgan fingerprint density at radius 3 is 2.68 bits per heavy atom. The first kappa shape index (κ1) is 13.2. The van der Waals surface area contributed by atoms with Crippen LogP contribution >= 0.6 is 0 Å². The first-order chi connectivity index (χ1) is 9.24. The summed E-state index contributed by atoms with van der Waals surface area (Å²) in [4.78, 5) is 0. The summed E-state index contributed by atoms with van der Waals surface area (Å²) in [5, 5.41) is 3.88. The van der Waals surface area contributed by atoms with Gasteiger partial charge in [-0.25, -0.2) is 0 Å². The predicted octanol–water partition coefficient (Wildman–Crippen LogP) is 4.40. The zero-order chi connectivity index (χ0) is 13.2. The van der Waals surface area contributed by atoms with Crippen molar-refractivity contribution >= 4 is 0 Å².